The fraction of sp³-hybridized carbons (Fsp3) is 0.571. The molecule has 1 rings (SSSR count). The van der Waals surface area contributed by atoms with Gasteiger partial charge in [0.05, 0.1) is 0 Å². The zero-order chi connectivity index (χ0) is 12.1. The van der Waals surface area contributed by atoms with Gasteiger partial charge in [0.2, 0.25) is 0 Å². The molecule has 0 saturated heterocycles. The van der Waals surface area contributed by atoms with E-state index < -0.39 is 0 Å². The van der Waals surface area contributed by atoms with Crippen molar-refractivity contribution in [1.82, 2.24) is 5.32 Å². The lowest BCUT2D eigenvalue weighted by Crippen LogP contribution is -2.23. The average molecular weight is 237 g/mol. The van der Waals surface area contributed by atoms with Crippen LogP contribution in [-0.2, 0) is 0 Å². The van der Waals surface area contributed by atoms with E-state index in [0.29, 0.717) is 6.04 Å². The summed E-state index contributed by atoms with van der Waals surface area (Å²) in [6, 6.07) is 5.13. The van der Waals surface area contributed by atoms with E-state index in [1.165, 1.54) is 22.3 Å². The molecule has 0 amide bonds. The van der Waals surface area contributed by atoms with Gasteiger partial charge in [0.15, 0.2) is 0 Å². The van der Waals surface area contributed by atoms with Crippen molar-refractivity contribution in [2.75, 3.05) is 18.6 Å². The Bertz CT molecular complexity index is 341. The first kappa shape index (κ1) is 13.6. The van der Waals surface area contributed by atoms with Crippen LogP contribution in [-0.4, -0.2) is 18.6 Å². The summed E-state index contributed by atoms with van der Waals surface area (Å²) in [4.78, 5) is 0. The first-order valence-corrected chi connectivity index (χ1v) is 7.29. The number of benzene rings is 1. The molecule has 0 heterocycles. The second-order valence-corrected chi connectivity index (χ2v) is 5.27. The van der Waals surface area contributed by atoms with E-state index in [9.17, 15) is 0 Å². The molecule has 0 radical (unpaired) electrons. The third-order valence-corrected chi connectivity index (χ3v) is 3.71. The van der Waals surface area contributed by atoms with Crippen molar-refractivity contribution in [2.24, 2.45) is 0 Å². The van der Waals surface area contributed by atoms with E-state index in [-0.39, 0.29) is 0 Å². The number of hydrogen-bond donors (Lipinski definition) is 1. The smallest absolute Gasteiger partial charge is 0.0414 e. The molecule has 90 valence electrons. The molecular weight excluding hydrogens is 214 g/mol. The Hall–Kier alpha value is -0.470. The van der Waals surface area contributed by atoms with Gasteiger partial charge in [-0.3, -0.25) is 0 Å². The van der Waals surface area contributed by atoms with E-state index in [1.54, 1.807) is 0 Å². The predicted octanol–water partition coefficient (Wildman–Crippen LogP) is 3.63. The van der Waals surface area contributed by atoms with Gasteiger partial charge in [0.25, 0.3) is 0 Å². The van der Waals surface area contributed by atoms with Crippen molar-refractivity contribution in [1.29, 1.82) is 0 Å². The Balaban J connectivity index is 3.03. The molecule has 0 spiro atoms. The van der Waals surface area contributed by atoms with Gasteiger partial charge in [-0.15, -0.1) is 0 Å². The Morgan fingerprint density at radius 1 is 1.12 bits per heavy atom. The van der Waals surface area contributed by atoms with E-state index in [4.69, 9.17) is 0 Å². The van der Waals surface area contributed by atoms with Crippen LogP contribution in [0.15, 0.2) is 12.1 Å². The third-order valence-electron chi connectivity index (χ3n) is 3.04. The van der Waals surface area contributed by atoms with Crippen LogP contribution in [0.4, 0.5) is 0 Å². The van der Waals surface area contributed by atoms with Gasteiger partial charge in [-0.2, -0.15) is 11.8 Å². The van der Waals surface area contributed by atoms with Crippen LogP contribution < -0.4 is 5.32 Å². The topological polar surface area (TPSA) is 12.0 Å². The highest BCUT2D eigenvalue weighted by Gasteiger charge is 2.12. The molecule has 0 aliphatic carbocycles. The van der Waals surface area contributed by atoms with Crippen molar-refractivity contribution in [3.05, 3.63) is 34.4 Å². The van der Waals surface area contributed by atoms with Crippen molar-refractivity contribution in [3.8, 4) is 0 Å². The molecule has 0 aromatic heterocycles. The maximum absolute atomic E-state index is 3.57. The van der Waals surface area contributed by atoms with Crippen LogP contribution >= 0.6 is 11.8 Å². The summed E-state index contributed by atoms with van der Waals surface area (Å²) in [5, 5.41) is 3.57. The molecule has 0 bridgehead atoms. The molecule has 1 aromatic carbocycles. The van der Waals surface area contributed by atoms with Crippen LogP contribution in [0.2, 0.25) is 0 Å². The lowest BCUT2D eigenvalue weighted by Gasteiger charge is -2.21. The number of hydrogen-bond acceptors (Lipinski definition) is 2. The first-order valence-electron chi connectivity index (χ1n) is 5.90. The minimum absolute atomic E-state index is 0.485. The SMILES string of the molecule is CCNC(CSC)c1cc(C)c(C)cc1C. The normalized spacial score (nSPS) is 12.8. The molecule has 1 atom stereocenters. The van der Waals surface area contributed by atoms with Gasteiger partial charge >= 0.3 is 0 Å². The molecule has 1 N–H and O–H groups in total. The molecule has 1 aromatic rings. The molecule has 1 unspecified atom stereocenters. The van der Waals surface area contributed by atoms with Gasteiger partial charge in [-0.05, 0) is 55.8 Å². The summed E-state index contributed by atoms with van der Waals surface area (Å²) in [5.74, 6) is 1.14. The van der Waals surface area contributed by atoms with Gasteiger partial charge in [0, 0.05) is 11.8 Å². The zero-order valence-corrected chi connectivity index (χ0v) is 11.9. The highest BCUT2D eigenvalue weighted by molar-refractivity contribution is 7.98. The highest BCUT2D eigenvalue weighted by atomic mass is 32.2. The third kappa shape index (κ3) is 3.26. The molecule has 1 nitrogen and oxygen atoms in total. The number of rotatable bonds is 5. The van der Waals surface area contributed by atoms with Crippen molar-refractivity contribution in [3.63, 3.8) is 0 Å². The minimum atomic E-state index is 0.485. The minimum Gasteiger partial charge on any atom is -0.310 e. The lowest BCUT2D eigenvalue weighted by atomic mass is 9.96. The van der Waals surface area contributed by atoms with Crippen LogP contribution in [0.1, 0.15) is 35.2 Å². The maximum Gasteiger partial charge on any atom is 0.0414 e. The summed E-state index contributed by atoms with van der Waals surface area (Å²) in [6.07, 6.45) is 2.17. The summed E-state index contributed by atoms with van der Waals surface area (Å²) in [5.41, 5.74) is 5.65. The van der Waals surface area contributed by atoms with Gasteiger partial charge in [-0.1, -0.05) is 19.1 Å². The second-order valence-electron chi connectivity index (χ2n) is 4.36. The Morgan fingerprint density at radius 2 is 1.75 bits per heavy atom. The van der Waals surface area contributed by atoms with Crippen LogP contribution in [0, 0.1) is 20.8 Å². The highest BCUT2D eigenvalue weighted by Crippen LogP contribution is 2.24. The van der Waals surface area contributed by atoms with E-state index in [0.717, 1.165) is 12.3 Å². The monoisotopic (exact) mass is 237 g/mol. The molecular formula is C14H23NS. The summed E-state index contributed by atoms with van der Waals surface area (Å²) in [6.45, 7) is 9.79. The zero-order valence-electron chi connectivity index (χ0n) is 11.1. The first-order chi connectivity index (χ1) is 7.60. The van der Waals surface area contributed by atoms with Crippen molar-refractivity contribution >= 4 is 11.8 Å². The predicted molar refractivity (Wildman–Crippen MR) is 75.5 cm³/mol. The fourth-order valence-corrected chi connectivity index (χ4v) is 2.66. The average Bonchev–Trinajstić information content (AvgIpc) is 2.23. The van der Waals surface area contributed by atoms with Crippen molar-refractivity contribution < 1.29 is 0 Å². The van der Waals surface area contributed by atoms with E-state index in [1.807, 2.05) is 11.8 Å². The van der Waals surface area contributed by atoms with Crippen LogP contribution in [0.5, 0.6) is 0 Å². The van der Waals surface area contributed by atoms with E-state index >= 15 is 0 Å². The fourth-order valence-electron chi connectivity index (χ4n) is 2.03. The molecule has 0 aliphatic rings. The van der Waals surface area contributed by atoms with E-state index in [2.05, 4.69) is 51.4 Å². The standard InChI is InChI=1S/C14H23NS/c1-6-15-14(9-16-5)13-8-11(3)10(2)7-12(13)4/h7-8,14-15H,6,9H2,1-5H3. The van der Waals surface area contributed by atoms with Gasteiger partial charge in [0.1, 0.15) is 0 Å². The van der Waals surface area contributed by atoms with Gasteiger partial charge in [-0.25, -0.2) is 0 Å². The Kier molecular flexibility index (Phi) is 5.36. The summed E-state index contributed by atoms with van der Waals surface area (Å²) in [7, 11) is 0. The van der Waals surface area contributed by atoms with Crippen LogP contribution in [0.3, 0.4) is 0 Å². The summed E-state index contributed by atoms with van der Waals surface area (Å²) >= 11 is 1.90. The molecule has 2 heteroatoms. The number of nitrogens with one attached hydrogen (secondary N) is 1. The quantitative estimate of drug-likeness (QED) is 0.839. The number of aryl methyl sites for hydroxylation is 3. The Morgan fingerprint density at radius 3 is 2.31 bits per heavy atom. The van der Waals surface area contributed by atoms with Crippen molar-refractivity contribution in [2.45, 2.75) is 33.7 Å². The Labute approximate surface area is 104 Å². The van der Waals surface area contributed by atoms with Gasteiger partial charge < -0.3 is 5.32 Å². The largest absolute Gasteiger partial charge is 0.310 e. The lowest BCUT2D eigenvalue weighted by molar-refractivity contribution is 0.603. The summed E-state index contributed by atoms with van der Waals surface area (Å²) < 4.78 is 0. The molecule has 16 heavy (non-hydrogen) atoms. The molecule has 0 fully saturated rings. The maximum atomic E-state index is 3.57. The second kappa shape index (κ2) is 6.31. The molecule has 0 saturated carbocycles. The number of thioether (sulfide) groups is 1. The van der Waals surface area contributed by atoms with Crippen LogP contribution in [0.25, 0.3) is 0 Å². The molecule has 0 aliphatic heterocycles.